The van der Waals surface area contributed by atoms with Crippen molar-refractivity contribution in [1.29, 1.82) is 0 Å². The molecule has 31 heavy (non-hydrogen) atoms. The van der Waals surface area contributed by atoms with E-state index in [0.29, 0.717) is 11.4 Å². The van der Waals surface area contributed by atoms with Crippen LogP contribution in [0.5, 0.6) is 0 Å². The van der Waals surface area contributed by atoms with Crippen LogP contribution in [-0.4, -0.2) is 37.8 Å². The van der Waals surface area contributed by atoms with Crippen molar-refractivity contribution in [3.05, 3.63) is 58.9 Å². The zero-order chi connectivity index (χ0) is 20.8. The molecule has 6 rings (SSSR count). The van der Waals surface area contributed by atoms with E-state index in [1.807, 2.05) is 29.1 Å². The Balaban J connectivity index is 1.22. The fraction of sp³-hybridized carbons (Fsp3) is 0.391. The number of nitrogens with zero attached hydrogens (tertiary/aromatic N) is 5. The number of anilines is 1. The van der Waals surface area contributed by atoms with Crippen LogP contribution in [0.3, 0.4) is 0 Å². The van der Waals surface area contributed by atoms with E-state index in [0.717, 1.165) is 42.5 Å². The van der Waals surface area contributed by atoms with Crippen molar-refractivity contribution in [2.75, 3.05) is 18.0 Å². The molecule has 158 valence electrons. The molecule has 2 fully saturated rings. The van der Waals surface area contributed by atoms with Crippen LogP contribution in [0, 0.1) is 0 Å². The maximum absolute atomic E-state index is 12.7. The van der Waals surface area contributed by atoms with Gasteiger partial charge in [-0.3, -0.25) is 4.79 Å². The largest absolute Gasteiger partial charge is 0.346 e. The minimum absolute atomic E-state index is 0.0823. The van der Waals surface area contributed by atoms with E-state index in [2.05, 4.69) is 32.1 Å². The average Bonchev–Trinajstić information content (AvgIpc) is 3.42. The van der Waals surface area contributed by atoms with Crippen molar-refractivity contribution in [2.24, 2.45) is 0 Å². The number of aromatic nitrogens is 5. The number of fused-ring (bicyclic) bond motifs is 1. The minimum Gasteiger partial charge on any atom is -0.346 e. The molecule has 7 nitrogen and oxygen atoms in total. The van der Waals surface area contributed by atoms with Crippen molar-refractivity contribution in [3.8, 4) is 10.4 Å². The van der Waals surface area contributed by atoms with Gasteiger partial charge in [-0.1, -0.05) is 60.9 Å². The fourth-order valence-corrected chi connectivity index (χ4v) is 5.63. The number of nitrogens with one attached hydrogen (secondary N) is 1. The number of benzene rings is 1. The number of H-pyrrole nitrogens is 1. The van der Waals surface area contributed by atoms with Gasteiger partial charge in [-0.2, -0.15) is 5.10 Å². The predicted molar refractivity (Wildman–Crippen MR) is 123 cm³/mol. The van der Waals surface area contributed by atoms with E-state index >= 15 is 0 Å². The van der Waals surface area contributed by atoms with E-state index in [1.54, 1.807) is 17.5 Å². The van der Waals surface area contributed by atoms with Crippen molar-refractivity contribution < 1.29 is 0 Å². The third-order valence-corrected chi connectivity index (χ3v) is 7.60. The van der Waals surface area contributed by atoms with Crippen molar-refractivity contribution >= 4 is 27.5 Å². The summed E-state index contributed by atoms with van der Waals surface area (Å²) in [4.78, 5) is 28.6. The Morgan fingerprint density at radius 2 is 1.84 bits per heavy atom. The number of aromatic amines is 1. The zero-order valence-corrected chi connectivity index (χ0v) is 18.0. The standard InChI is InChI=1S/C23H24N6OS/c30-22-18-11-25-29(17-9-5-2-6-10-17)21(18)26-20(27-22)16-13-28(14-16)23-24-12-19(31-23)15-7-3-1-4-8-15/h1,3-4,7-8,11-12,16-17H,2,5-6,9-10,13-14H2,(H,26,27,30). The van der Waals surface area contributed by atoms with E-state index in [4.69, 9.17) is 4.98 Å². The quantitative estimate of drug-likeness (QED) is 0.519. The first-order valence-electron chi connectivity index (χ1n) is 11.0. The van der Waals surface area contributed by atoms with E-state index in [-0.39, 0.29) is 11.5 Å². The summed E-state index contributed by atoms with van der Waals surface area (Å²) in [5, 5.41) is 6.15. The molecule has 1 saturated heterocycles. The Kier molecular flexibility index (Phi) is 4.60. The highest BCUT2D eigenvalue weighted by Gasteiger charge is 2.33. The Morgan fingerprint density at radius 3 is 2.65 bits per heavy atom. The van der Waals surface area contributed by atoms with Gasteiger partial charge in [0.25, 0.3) is 5.56 Å². The monoisotopic (exact) mass is 432 g/mol. The molecule has 4 heterocycles. The van der Waals surface area contributed by atoms with Crippen LogP contribution in [0.2, 0.25) is 0 Å². The lowest BCUT2D eigenvalue weighted by Gasteiger charge is -2.38. The predicted octanol–water partition coefficient (Wildman–Crippen LogP) is 4.35. The molecule has 0 spiro atoms. The molecule has 0 amide bonds. The van der Waals surface area contributed by atoms with Gasteiger partial charge < -0.3 is 9.88 Å². The average molecular weight is 433 g/mol. The van der Waals surface area contributed by atoms with E-state index in [1.165, 1.54) is 29.7 Å². The van der Waals surface area contributed by atoms with Crippen molar-refractivity contribution in [1.82, 2.24) is 24.7 Å². The Labute approximate surface area is 183 Å². The highest BCUT2D eigenvalue weighted by atomic mass is 32.1. The molecule has 0 bridgehead atoms. The summed E-state index contributed by atoms with van der Waals surface area (Å²) >= 11 is 1.70. The smallest absolute Gasteiger partial charge is 0.262 e. The number of hydrogen-bond acceptors (Lipinski definition) is 6. The lowest BCUT2D eigenvalue weighted by atomic mass is 9.96. The maximum Gasteiger partial charge on any atom is 0.262 e. The zero-order valence-electron chi connectivity index (χ0n) is 17.2. The van der Waals surface area contributed by atoms with Crippen LogP contribution < -0.4 is 10.5 Å². The summed E-state index contributed by atoms with van der Waals surface area (Å²) in [7, 11) is 0. The van der Waals surface area contributed by atoms with Crippen LogP contribution >= 0.6 is 11.3 Å². The fourth-order valence-electron chi connectivity index (χ4n) is 4.69. The second-order valence-electron chi connectivity index (χ2n) is 8.54. The van der Waals surface area contributed by atoms with Gasteiger partial charge in [-0.15, -0.1) is 0 Å². The molecule has 1 aliphatic carbocycles. The molecule has 1 N–H and O–H groups in total. The van der Waals surface area contributed by atoms with Crippen LogP contribution in [0.15, 0.2) is 47.5 Å². The second-order valence-corrected chi connectivity index (χ2v) is 9.55. The van der Waals surface area contributed by atoms with Crippen molar-refractivity contribution in [3.63, 3.8) is 0 Å². The molecule has 3 aromatic heterocycles. The summed E-state index contributed by atoms with van der Waals surface area (Å²) in [5.74, 6) is 0.974. The number of thiazole rings is 1. The first-order chi connectivity index (χ1) is 15.3. The van der Waals surface area contributed by atoms with Gasteiger partial charge in [0.1, 0.15) is 11.2 Å². The minimum atomic E-state index is -0.0823. The molecular weight excluding hydrogens is 408 g/mol. The summed E-state index contributed by atoms with van der Waals surface area (Å²) in [5.41, 5.74) is 1.85. The van der Waals surface area contributed by atoms with Gasteiger partial charge in [-0.05, 0) is 18.4 Å². The summed E-state index contributed by atoms with van der Waals surface area (Å²) < 4.78 is 2.00. The van der Waals surface area contributed by atoms with Gasteiger partial charge in [-0.25, -0.2) is 14.6 Å². The Bertz CT molecular complexity index is 1260. The Hall–Kier alpha value is -3.00. The molecule has 1 saturated carbocycles. The molecule has 8 heteroatoms. The number of hydrogen-bond donors (Lipinski definition) is 1. The summed E-state index contributed by atoms with van der Waals surface area (Å²) in [6.45, 7) is 1.63. The summed E-state index contributed by atoms with van der Waals surface area (Å²) in [6.07, 6.45) is 9.58. The lowest BCUT2D eigenvalue weighted by molar-refractivity contribution is 0.335. The van der Waals surface area contributed by atoms with Crippen molar-refractivity contribution in [2.45, 2.75) is 44.1 Å². The molecule has 2 aliphatic rings. The molecule has 4 aromatic rings. The highest BCUT2D eigenvalue weighted by Crippen LogP contribution is 2.36. The van der Waals surface area contributed by atoms with Gasteiger partial charge in [0.05, 0.1) is 23.0 Å². The lowest BCUT2D eigenvalue weighted by Crippen LogP contribution is -2.46. The maximum atomic E-state index is 12.7. The Morgan fingerprint density at radius 1 is 1.03 bits per heavy atom. The molecule has 0 unspecified atom stereocenters. The van der Waals surface area contributed by atoms with Gasteiger partial charge in [0, 0.05) is 19.3 Å². The van der Waals surface area contributed by atoms with Gasteiger partial charge >= 0.3 is 0 Å². The first kappa shape index (κ1) is 18.7. The van der Waals surface area contributed by atoms with Gasteiger partial charge in [0.2, 0.25) is 0 Å². The highest BCUT2D eigenvalue weighted by molar-refractivity contribution is 7.18. The normalized spacial score (nSPS) is 17.9. The van der Waals surface area contributed by atoms with Crippen LogP contribution in [0.1, 0.15) is 49.9 Å². The topological polar surface area (TPSA) is 79.7 Å². The van der Waals surface area contributed by atoms with E-state index in [9.17, 15) is 4.79 Å². The van der Waals surface area contributed by atoms with Crippen LogP contribution in [-0.2, 0) is 0 Å². The molecule has 1 aromatic carbocycles. The molecule has 0 atom stereocenters. The second kappa shape index (κ2) is 7.60. The van der Waals surface area contributed by atoms with Crippen LogP contribution in [0.4, 0.5) is 5.13 Å². The molecule has 0 radical (unpaired) electrons. The molecular formula is C23H24N6OS. The number of rotatable bonds is 4. The van der Waals surface area contributed by atoms with Crippen LogP contribution in [0.25, 0.3) is 21.5 Å². The van der Waals surface area contributed by atoms with Gasteiger partial charge in [0.15, 0.2) is 10.8 Å². The molecule has 1 aliphatic heterocycles. The van der Waals surface area contributed by atoms with E-state index < -0.39 is 0 Å². The summed E-state index contributed by atoms with van der Waals surface area (Å²) in [6, 6.07) is 10.7. The first-order valence-corrected chi connectivity index (χ1v) is 11.8. The SMILES string of the molecule is O=c1[nH]c(C2CN(c3ncc(-c4ccccc4)s3)C2)nc2c1cnn2C1CCCCC1. The third kappa shape index (κ3) is 3.35. The third-order valence-electron chi connectivity index (χ3n) is 6.49.